The third kappa shape index (κ3) is 4.32. The van der Waals surface area contributed by atoms with Gasteiger partial charge in [0.15, 0.2) is 10.9 Å². The molecule has 0 bridgehead atoms. The number of carbonyl (C=O) groups is 1. The molecule has 0 saturated heterocycles. The summed E-state index contributed by atoms with van der Waals surface area (Å²) in [4.78, 5) is 34.5. The number of hydrogen-bond acceptors (Lipinski definition) is 5. The third-order valence-electron chi connectivity index (χ3n) is 6.40. The summed E-state index contributed by atoms with van der Waals surface area (Å²) < 4.78 is 0. The summed E-state index contributed by atoms with van der Waals surface area (Å²) in [6, 6.07) is 15.7. The molecule has 34 heavy (non-hydrogen) atoms. The fourth-order valence-corrected chi connectivity index (χ4v) is 6.05. The molecule has 1 aromatic heterocycles. The fraction of sp³-hybridized carbons (Fsp3) is 0.296. The molecule has 0 fully saturated rings. The van der Waals surface area contributed by atoms with E-state index >= 15 is 0 Å². The highest BCUT2D eigenvalue weighted by molar-refractivity contribution is 7.98. The maximum absolute atomic E-state index is 13.4. The van der Waals surface area contributed by atoms with E-state index in [4.69, 9.17) is 16.6 Å². The molecule has 2 aromatic carbocycles. The van der Waals surface area contributed by atoms with Gasteiger partial charge in [-0.3, -0.25) is 9.59 Å². The van der Waals surface area contributed by atoms with Crippen LogP contribution in [0.1, 0.15) is 54.9 Å². The number of allylic oxidation sites excluding steroid dienone is 2. The van der Waals surface area contributed by atoms with E-state index in [1.54, 1.807) is 0 Å². The largest absolute Gasteiger partial charge is 0.343 e. The molecule has 0 radical (unpaired) electrons. The molecule has 1 aliphatic carbocycles. The Morgan fingerprint density at radius 2 is 1.91 bits per heavy atom. The zero-order valence-electron chi connectivity index (χ0n) is 19.4. The number of aromatic amines is 1. The summed E-state index contributed by atoms with van der Waals surface area (Å²) in [7, 11) is 0. The summed E-state index contributed by atoms with van der Waals surface area (Å²) in [6.45, 7) is 6.22. The minimum absolute atomic E-state index is 0.0903. The van der Waals surface area contributed by atoms with Gasteiger partial charge in [0.2, 0.25) is 0 Å². The van der Waals surface area contributed by atoms with Crippen LogP contribution < -0.4 is 10.9 Å². The molecule has 5 nitrogen and oxygen atoms in total. The molecule has 7 heteroatoms. The minimum atomic E-state index is -0.436. The number of carbonyl (C=O) groups excluding carboxylic acids is 1. The van der Waals surface area contributed by atoms with Crippen molar-refractivity contribution in [2.45, 2.75) is 50.4 Å². The van der Waals surface area contributed by atoms with Crippen molar-refractivity contribution in [1.82, 2.24) is 9.97 Å². The van der Waals surface area contributed by atoms with E-state index < -0.39 is 5.92 Å². The lowest BCUT2D eigenvalue weighted by Gasteiger charge is -2.38. The van der Waals surface area contributed by atoms with Crippen LogP contribution in [-0.2, 0) is 10.5 Å². The van der Waals surface area contributed by atoms with Gasteiger partial charge in [-0.1, -0.05) is 85.2 Å². The van der Waals surface area contributed by atoms with Crippen LogP contribution in [0.4, 0.5) is 5.82 Å². The van der Waals surface area contributed by atoms with Gasteiger partial charge < -0.3 is 10.3 Å². The fourth-order valence-electron chi connectivity index (χ4n) is 4.91. The first-order valence-electron chi connectivity index (χ1n) is 11.3. The third-order valence-corrected chi connectivity index (χ3v) is 7.69. The SMILES string of the molecule is Cc1cccc([C@H]2C3=C(CC(C)(C)CC3=O)Nc3nc(SCc4ccccc4Cl)[nH]c(=O)c32)c1. The number of fused-ring (bicyclic) bond motifs is 1. The van der Waals surface area contributed by atoms with E-state index in [2.05, 4.69) is 30.2 Å². The van der Waals surface area contributed by atoms with Gasteiger partial charge in [0.05, 0.1) is 5.56 Å². The molecule has 2 N–H and O–H groups in total. The van der Waals surface area contributed by atoms with Crippen molar-refractivity contribution < 1.29 is 4.79 Å². The molecule has 1 aliphatic heterocycles. The molecule has 0 amide bonds. The van der Waals surface area contributed by atoms with Gasteiger partial charge in [-0.05, 0) is 36.0 Å². The van der Waals surface area contributed by atoms with Crippen LogP contribution in [-0.4, -0.2) is 15.8 Å². The lowest BCUT2D eigenvalue weighted by Crippen LogP contribution is -2.37. The number of aromatic nitrogens is 2. The van der Waals surface area contributed by atoms with Crippen molar-refractivity contribution in [3.63, 3.8) is 0 Å². The number of benzene rings is 2. The molecular formula is C27H26ClN3O2S. The Hall–Kier alpha value is -2.83. The Morgan fingerprint density at radius 3 is 2.68 bits per heavy atom. The van der Waals surface area contributed by atoms with E-state index in [1.807, 2.05) is 49.4 Å². The number of hydrogen-bond donors (Lipinski definition) is 2. The van der Waals surface area contributed by atoms with Crippen molar-refractivity contribution >= 4 is 35.0 Å². The minimum Gasteiger partial charge on any atom is -0.343 e. The van der Waals surface area contributed by atoms with Gasteiger partial charge in [0, 0.05) is 34.4 Å². The summed E-state index contributed by atoms with van der Waals surface area (Å²) in [5.74, 6) is 0.768. The summed E-state index contributed by atoms with van der Waals surface area (Å²) in [5, 5.41) is 4.58. The Morgan fingerprint density at radius 1 is 1.12 bits per heavy atom. The molecule has 5 rings (SSSR count). The van der Waals surface area contributed by atoms with Crippen molar-refractivity contribution in [1.29, 1.82) is 0 Å². The Balaban J connectivity index is 1.59. The highest BCUT2D eigenvalue weighted by Gasteiger charge is 2.42. The molecule has 0 unspecified atom stereocenters. The van der Waals surface area contributed by atoms with E-state index in [-0.39, 0.29) is 16.8 Å². The predicted molar refractivity (Wildman–Crippen MR) is 138 cm³/mol. The number of aryl methyl sites for hydroxylation is 1. The van der Waals surface area contributed by atoms with Gasteiger partial charge in [-0.15, -0.1) is 0 Å². The molecule has 2 aliphatic rings. The number of ketones is 1. The van der Waals surface area contributed by atoms with Crippen molar-refractivity contribution in [3.8, 4) is 0 Å². The van der Waals surface area contributed by atoms with Crippen LogP contribution in [0.25, 0.3) is 0 Å². The first kappa shape index (κ1) is 22.9. The second-order valence-electron chi connectivity index (χ2n) is 9.82. The first-order chi connectivity index (χ1) is 16.2. The first-order valence-corrected chi connectivity index (χ1v) is 12.7. The van der Waals surface area contributed by atoms with Crippen molar-refractivity contribution in [2.75, 3.05) is 5.32 Å². The molecule has 0 saturated carbocycles. The standard InChI is InChI=1S/C27H26ClN3O2S/c1-15-7-6-9-16(11-15)21-22-19(12-27(2,3)13-20(22)32)29-24-23(21)25(33)31-26(30-24)34-14-17-8-4-5-10-18(17)28/h4-11,21H,12-14H2,1-3H3,(H2,29,30,31,33)/t21-/m0/s1. The molecule has 0 spiro atoms. The number of nitrogens with one attached hydrogen (secondary N) is 2. The smallest absolute Gasteiger partial charge is 0.257 e. The van der Waals surface area contributed by atoms with Crippen LogP contribution in [0.15, 0.2) is 69.8 Å². The number of H-pyrrole nitrogens is 1. The van der Waals surface area contributed by atoms with Crippen LogP contribution >= 0.6 is 23.4 Å². The number of Topliss-reactive ketones (excluding diaryl/α,β-unsaturated/α-hetero) is 1. The van der Waals surface area contributed by atoms with Gasteiger partial charge in [-0.25, -0.2) is 4.98 Å². The topological polar surface area (TPSA) is 74.8 Å². The van der Waals surface area contributed by atoms with Gasteiger partial charge in [0.1, 0.15) is 5.82 Å². The molecule has 3 aromatic rings. The van der Waals surface area contributed by atoms with Crippen LogP contribution in [0.5, 0.6) is 0 Å². The second kappa shape index (κ2) is 8.75. The van der Waals surface area contributed by atoms with Gasteiger partial charge in [-0.2, -0.15) is 0 Å². The maximum Gasteiger partial charge on any atom is 0.257 e. The molecule has 174 valence electrons. The predicted octanol–water partition coefficient (Wildman–Crippen LogP) is 6.22. The quantitative estimate of drug-likeness (QED) is 0.334. The second-order valence-corrected chi connectivity index (χ2v) is 11.2. The zero-order valence-corrected chi connectivity index (χ0v) is 20.9. The number of nitrogens with zero attached hydrogens (tertiary/aromatic N) is 1. The zero-order chi connectivity index (χ0) is 24.0. The van der Waals surface area contributed by atoms with Crippen LogP contribution in [0.2, 0.25) is 5.02 Å². The molecule has 1 atom stereocenters. The van der Waals surface area contributed by atoms with E-state index in [1.165, 1.54) is 11.8 Å². The lowest BCUT2D eigenvalue weighted by atomic mass is 9.69. The highest BCUT2D eigenvalue weighted by Crippen LogP contribution is 2.47. The van der Waals surface area contributed by atoms with Gasteiger partial charge in [0.25, 0.3) is 5.56 Å². The summed E-state index contributed by atoms with van der Waals surface area (Å²) in [5.41, 5.74) is 4.69. The van der Waals surface area contributed by atoms with E-state index in [9.17, 15) is 9.59 Å². The number of anilines is 1. The normalized spacial score (nSPS) is 18.8. The van der Waals surface area contributed by atoms with Crippen LogP contribution in [0.3, 0.4) is 0 Å². The monoisotopic (exact) mass is 491 g/mol. The summed E-state index contributed by atoms with van der Waals surface area (Å²) >= 11 is 7.73. The average molecular weight is 492 g/mol. The van der Waals surface area contributed by atoms with Crippen molar-refractivity contribution in [3.05, 3.63) is 97.4 Å². The van der Waals surface area contributed by atoms with Gasteiger partial charge >= 0.3 is 0 Å². The maximum atomic E-state index is 13.4. The Bertz CT molecular complexity index is 1390. The van der Waals surface area contributed by atoms with E-state index in [0.717, 1.165) is 28.8 Å². The van der Waals surface area contributed by atoms with E-state index in [0.29, 0.717) is 39.3 Å². The number of rotatable bonds is 4. The average Bonchev–Trinajstić information content (AvgIpc) is 2.76. The number of halogens is 1. The Labute approximate surface area is 208 Å². The molecule has 2 heterocycles. The lowest BCUT2D eigenvalue weighted by molar-refractivity contribution is -0.118. The Kier molecular flexibility index (Phi) is 5.90. The molecular weight excluding hydrogens is 466 g/mol. The number of thioether (sulfide) groups is 1. The van der Waals surface area contributed by atoms with Crippen LogP contribution in [0, 0.1) is 12.3 Å². The van der Waals surface area contributed by atoms with Crippen molar-refractivity contribution in [2.24, 2.45) is 5.41 Å². The highest BCUT2D eigenvalue weighted by atomic mass is 35.5. The summed E-state index contributed by atoms with van der Waals surface area (Å²) in [6.07, 6.45) is 1.19.